The van der Waals surface area contributed by atoms with Crippen LogP contribution in [0.5, 0.6) is 5.75 Å². The summed E-state index contributed by atoms with van der Waals surface area (Å²) in [5, 5.41) is 10.3. The molecule has 0 aliphatic carbocycles. The number of thioether (sulfide) groups is 1. The van der Waals surface area contributed by atoms with E-state index >= 15 is 0 Å². The number of morpholine rings is 1. The summed E-state index contributed by atoms with van der Waals surface area (Å²) in [6, 6.07) is 11.2. The number of benzene rings is 2. The van der Waals surface area contributed by atoms with E-state index in [4.69, 9.17) is 9.47 Å². The van der Waals surface area contributed by atoms with E-state index in [9.17, 15) is 24.5 Å². The number of nitrogens with zero attached hydrogens (tertiary/aromatic N) is 3. The molecule has 35 heavy (non-hydrogen) atoms. The van der Waals surface area contributed by atoms with Crippen molar-refractivity contribution >= 4 is 56.5 Å². The highest BCUT2D eigenvalue weighted by Crippen LogP contribution is 2.35. The molecule has 2 saturated heterocycles. The first-order chi connectivity index (χ1) is 16.8. The van der Waals surface area contributed by atoms with Gasteiger partial charge in [-0.05, 0) is 53.7 Å². The molecule has 2 heterocycles. The summed E-state index contributed by atoms with van der Waals surface area (Å²) in [5.74, 6) is -0.378. The average Bonchev–Trinajstić information content (AvgIpc) is 3.11. The zero-order chi connectivity index (χ0) is 24.9. The number of ether oxygens (including phenoxy) is 2. The van der Waals surface area contributed by atoms with Crippen molar-refractivity contribution in [2.75, 3.05) is 32.8 Å². The van der Waals surface area contributed by atoms with Crippen molar-refractivity contribution in [2.45, 2.75) is 6.61 Å². The quantitative estimate of drug-likeness (QED) is 0.284. The average molecular weight is 562 g/mol. The van der Waals surface area contributed by atoms with Crippen LogP contribution in [0.2, 0.25) is 0 Å². The van der Waals surface area contributed by atoms with E-state index in [2.05, 4.69) is 15.9 Å². The van der Waals surface area contributed by atoms with Crippen LogP contribution in [-0.2, 0) is 20.9 Å². The fourth-order valence-electron chi connectivity index (χ4n) is 3.46. The van der Waals surface area contributed by atoms with E-state index in [1.54, 1.807) is 41.3 Å². The van der Waals surface area contributed by atoms with Crippen LogP contribution in [0.4, 0.5) is 10.5 Å². The molecule has 2 aromatic rings. The molecule has 182 valence electrons. The van der Waals surface area contributed by atoms with E-state index in [1.165, 1.54) is 12.1 Å². The summed E-state index contributed by atoms with van der Waals surface area (Å²) < 4.78 is 11.9. The van der Waals surface area contributed by atoms with Crippen LogP contribution in [0.1, 0.15) is 11.1 Å². The minimum absolute atomic E-state index is 0.0130. The van der Waals surface area contributed by atoms with Gasteiger partial charge in [-0.25, -0.2) is 0 Å². The Labute approximate surface area is 213 Å². The summed E-state index contributed by atoms with van der Waals surface area (Å²) in [4.78, 5) is 51.0. The summed E-state index contributed by atoms with van der Waals surface area (Å²) >= 11 is 4.17. The van der Waals surface area contributed by atoms with Crippen LogP contribution in [0.3, 0.4) is 0 Å². The SMILES string of the molecule is O=C(CN1C(=O)S/C(=C/c2cc(Br)ccc2OCc2ccc([N+](=O)[O-])cc2)C1=O)N1CCOCC1. The normalized spacial score (nSPS) is 17.2. The fraction of sp³-hybridized carbons (Fsp3) is 0.261. The van der Waals surface area contributed by atoms with E-state index in [0.717, 1.165) is 26.7 Å². The number of hydrogen-bond donors (Lipinski definition) is 0. The van der Waals surface area contributed by atoms with E-state index in [-0.39, 0.29) is 29.7 Å². The summed E-state index contributed by atoms with van der Waals surface area (Å²) in [5.41, 5.74) is 1.28. The Bertz CT molecular complexity index is 1200. The molecule has 0 bridgehead atoms. The predicted octanol–water partition coefficient (Wildman–Crippen LogP) is 3.83. The maximum absolute atomic E-state index is 12.9. The van der Waals surface area contributed by atoms with Crippen molar-refractivity contribution in [3.05, 3.63) is 73.1 Å². The number of hydrogen-bond acceptors (Lipinski definition) is 8. The van der Waals surface area contributed by atoms with Gasteiger partial charge in [-0.15, -0.1) is 0 Å². The molecule has 3 amide bonds. The lowest BCUT2D eigenvalue weighted by atomic mass is 10.1. The van der Waals surface area contributed by atoms with Crippen molar-refractivity contribution < 1.29 is 28.8 Å². The van der Waals surface area contributed by atoms with Gasteiger partial charge in [0.25, 0.3) is 16.8 Å². The number of carbonyl (C=O) groups excluding carboxylic acids is 3. The third-order valence-corrected chi connectivity index (χ3v) is 6.73. The highest BCUT2D eigenvalue weighted by Gasteiger charge is 2.37. The van der Waals surface area contributed by atoms with Crippen LogP contribution in [0.15, 0.2) is 51.8 Å². The number of halogens is 1. The topological polar surface area (TPSA) is 119 Å². The lowest BCUT2D eigenvalue weighted by Crippen LogP contribution is -2.46. The van der Waals surface area contributed by atoms with Gasteiger partial charge in [0, 0.05) is 35.3 Å². The second-order valence-corrected chi connectivity index (χ2v) is 9.56. The van der Waals surface area contributed by atoms with Gasteiger partial charge in [0.1, 0.15) is 18.9 Å². The Balaban J connectivity index is 1.48. The Morgan fingerprint density at radius 3 is 2.57 bits per heavy atom. The zero-order valence-corrected chi connectivity index (χ0v) is 20.7. The first-order valence-corrected chi connectivity index (χ1v) is 12.2. The van der Waals surface area contributed by atoms with Crippen LogP contribution in [0, 0.1) is 10.1 Å². The molecule has 2 aromatic carbocycles. The second kappa shape index (κ2) is 11.0. The van der Waals surface area contributed by atoms with Gasteiger partial charge in [-0.2, -0.15) is 0 Å². The van der Waals surface area contributed by atoms with Crippen molar-refractivity contribution in [1.82, 2.24) is 9.80 Å². The molecule has 2 fully saturated rings. The molecule has 4 rings (SSSR count). The molecule has 0 aromatic heterocycles. The van der Waals surface area contributed by atoms with Gasteiger partial charge < -0.3 is 14.4 Å². The molecule has 10 nitrogen and oxygen atoms in total. The minimum Gasteiger partial charge on any atom is -0.488 e. The highest BCUT2D eigenvalue weighted by atomic mass is 79.9. The Morgan fingerprint density at radius 1 is 1.17 bits per heavy atom. The van der Waals surface area contributed by atoms with Crippen molar-refractivity contribution in [3.63, 3.8) is 0 Å². The zero-order valence-electron chi connectivity index (χ0n) is 18.3. The standard InChI is InChI=1S/C23H20BrN3O7S/c24-17-3-6-19(34-14-15-1-4-18(5-2-15)27(31)32)16(11-17)12-20-22(29)26(23(30)35-20)13-21(28)25-7-9-33-10-8-25/h1-6,11-12H,7-10,13-14H2/b20-12+. The maximum Gasteiger partial charge on any atom is 0.294 e. The predicted molar refractivity (Wildman–Crippen MR) is 132 cm³/mol. The summed E-state index contributed by atoms with van der Waals surface area (Å²) in [7, 11) is 0. The van der Waals surface area contributed by atoms with Crippen LogP contribution in [-0.4, -0.2) is 64.6 Å². The molecule has 0 radical (unpaired) electrons. The Hall–Kier alpha value is -3.22. The first-order valence-electron chi connectivity index (χ1n) is 10.6. The molecular weight excluding hydrogens is 542 g/mol. The lowest BCUT2D eigenvalue weighted by Gasteiger charge is -2.28. The summed E-state index contributed by atoms with van der Waals surface area (Å²) in [6.07, 6.45) is 1.56. The fourth-order valence-corrected chi connectivity index (χ4v) is 4.67. The Kier molecular flexibility index (Phi) is 7.83. The summed E-state index contributed by atoms with van der Waals surface area (Å²) in [6.45, 7) is 1.55. The third kappa shape index (κ3) is 6.08. The van der Waals surface area contributed by atoms with Gasteiger partial charge in [0.15, 0.2) is 0 Å². The smallest absolute Gasteiger partial charge is 0.294 e. The van der Waals surface area contributed by atoms with Crippen molar-refractivity contribution in [3.8, 4) is 5.75 Å². The number of non-ortho nitro benzene ring substituents is 1. The van der Waals surface area contributed by atoms with Gasteiger partial charge in [-0.1, -0.05) is 15.9 Å². The number of imide groups is 1. The Morgan fingerprint density at radius 2 is 1.89 bits per heavy atom. The molecule has 0 unspecified atom stereocenters. The molecule has 2 aliphatic heterocycles. The molecular formula is C23H20BrN3O7S. The number of nitro groups is 1. The molecule has 0 N–H and O–H groups in total. The van der Waals surface area contributed by atoms with Crippen molar-refractivity contribution in [1.29, 1.82) is 0 Å². The van der Waals surface area contributed by atoms with Crippen LogP contribution >= 0.6 is 27.7 Å². The van der Waals surface area contributed by atoms with Gasteiger partial charge in [0.05, 0.1) is 23.0 Å². The maximum atomic E-state index is 12.9. The first kappa shape index (κ1) is 24.9. The van der Waals surface area contributed by atoms with E-state index in [1.807, 2.05) is 0 Å². The monoisotopic (exact) mass is 561 g/mol. The highest BCUT2D eigenvalue weighted by molar-refractivity contribution is 9.10. The van der Waals surface area contributed by atoms with Gasteiger partial charge in [0.2, 0.25) is 5.91 Å². The minimum atomic E-state index is -0.539. The lowest BCUT2D eigenvalue weighted by molar-refractivity contribution is -0.384. The van der Waals surface area contributed by atoms with Gasteiger partial charge >= 0.3 is 0 Å². The van der Waals surface area contributed by atoms with E-state index < -0.39 is 16.1 Å². The largest absolute Gasteiger partial charge is 0.488 e. The number of rotatable bonds is 7. The second-order valence-electron chi connectivity index (χ2n) is 7.66. The molecule has 0 saturated carbocycles. The molecule has 12 heteroatoms. The van der Waals surface area contributed by atoms with Crippen molar-refractivity contribution in [2.24, 2.45) is 0 Å². The molecule has 0 atom stereocenters. The third-order valence-electron chi connectivity index (χ3n) is 5.33. The van der Waals surface area contributed by atoms with Gasteiger partial charge in [-0.3, -0.25) is 29.4 Å². The molecule has 0 spiro atoms. The van der Waals surface area contributed by atoms with Crippen LogP contribution < -0.4 is 4.74 Å². The number of carbonyl (C=O) groups is 3. The molecule has 2 aliphatic rings. The van der Waals surface area contributed by atoms with Crippen LogP contribution in [0.25, 0.3) is 6.08 Å². The number of nitro benzene ring substituents is 1. The van der Waals surface area contributed by atoms with E-state index in [0.29, 0.717) is 37.6 Å². The number of amides is 3.